The van der Waals surface area contributed by atoms with E-state index in [1.165, 1.54) is 23.1 Å². The van der Waals surface area contributed by atoms with Crippen LogP contribution in [0.25, 0.3) is 0 Å². The van der Waals surface area contributed by atoms with Crippen LogP contribution < -0.4 is 9.64 Å². The zero-order valence-corrected chi connectivity index (χ0v) is 18.0. The lowest BCUT2D eigenvalue weighted by Crippen LogP contribution is -2.44. The van der Waals surface area contributed by atoms with Gasteiger partial charge in [0, 0.05) is 13.1 Å². The highest BCUT2D eigenvalue weighted by Crippen LogP contribution is 2.38. The number of para-hydroxylation sites is 1. The van der Waals surface area contributed by atoms with Gasteiger partial charge in [0.2, 0.25) is 0 Å². The third-order valence-corrected chi connectivity index (χ3v) is 5.28. The summed E-state index contributed by atoms with van der Waals surface area (Å²) < 4.78 is 51.3. The number of ether oxygens (including phenoxy) is 2. The van der Waals surface area contributed by atoms with Crippen molar-refractivity contribution in [3.63, 3.8) is 0 Å². The number of alkyl halides is 3. The van der Waals surface area contributed by atoms with Gasteiger partial charge in [0.1, 0.15) is 5.75 Å². The van der Waals surface area contributed by atoms with Gasteiger partial charge in [-0.15, -0.1) is 0 Å². The molecule has 1 atom stereocenters. The Balaban J connectivity index is 1.72. The summed E-state index contributed by atoms with van der Waals surface area (Å²) in [5.74, 6) is 0.0974. The molecule has 10 heteroatoms. The van der Waals surface area contributed by atoms with E-state index >= 15 is 0 Å². The Hall–Kier alpha value is -3.27. The van der Waals surface area contributed by atoms with Crippen molar-refractivity contribution in [1.82, 2.24) is 4.90 Å². The molecular weight excluding hydrogens is 441 g/mol. The maximum absolute atomic E-state index is 13.6. The van der Waals surface area contributed by atoms with Gasteiger partial charge >= 0.3 is 12.3 Å². The molecule has 1 fully saturated rings. The lowest BCUT2D eigenvalue weighted by molar-refractivity contribution is -0.137. The zero-order valence-electron chi connectivity index (χ0n) is 18.0. The van der Waals surface area contributed by atoms with Crippen LogP contribution in [0, 0.1) is 0 Å². The molecule has 0 saturated carbocycles. The Labute approximate surface area is 189 Å². The van der Waals surface area contributed by atoms with E-state index in [0.29, 0.717) is 17.7 Å². The molecule has 2 amide bonds. The fraction of sp³-hybridized carbons (Fsp3) is 0.391. The molecule has 33 heavy (non-hydrogen) atoms. The van der Waals surface area contributed by atoms with Crippen LogP contribution in [0.15, 0.2) is 48.5 Å². The van der Waals surface area contributed by atoms with Crippen LogP contribution in [0.5, 0.6) is 5.75 Å². The van der Waals surface area contributed by atoms with E-state index < -0.39 is 23.9 Å². The summed E-state index contributed by atoms with van der Waals surface area (Å²) in [6, 6.07) is 10.7. The summed E-state index contributed by atoms with van der Waals surface area (Å²) in [7, 11) is 0. The first-order valence-electron chi connectivity index (χ1n) is 10.5. The number of hydrogen-bond donors (Lipinski definition) is 1. The van der Waals surface area contributed by atoms with E-state index in [1.54, 1.807) is 31.2 Å². The molecule has 1 heterocycles. The standard InChI is InChI=1S/C23H25F3N2O5/c1-2-32-22(31)28(20-6-4-3-5-19(20)23(24,25)26)17-11-12-27(13-17)21(30)15-33-18-9-7-16(14-29)8-10-18/h3-10,17,29H,2,11-15H2,1H3. The molecule has 2 aromatic rings. The fourth-order valence-corrected chi connectivity index (χ4v) is 3.67. The second kappa shape index (κ2) is 10.6. The molecule has 1 N–H and O–H groups in total. The van der Waals surface area contributed by atoms with Crippen molar-refractivity contribution >= 4 is 17.7 Å². The van der Waals surface area contributed by atoms with Gasteiger partial charge in [0.15, 0.2) is 6.61 Å². The van der Waals surface area contributed by atoms with Gasteiger partial charge in [-0.25, -0.2) is 4.79 Å². The van der Waals surface area contributed by atoms with Crippen molar-refractivity contribution in [1.29, 1.82) is 0 Å². The summed E-state index contributed by atoms with van der Waals surface area (Å²) >= 11 is 0. The van der Waals surface area contributed by atoms with Gasteiger partial charge in [0.05, 0.1) is 30.5 Å². The number of aliphatic hydroxyl groups excluding tert-OH is 1. The molecule has 1 aliphatic rings. The minimum atomic E-state index is -4.66. The van der Waals surface area contributed by atoms with Crippen molar-refractivity contribution in [2.45, 2.75) is 32.2 Å². The number of carbonyl (C=O) groups excluding carboxylic acids is 2. The lowest BCUT2D eigenvalue weighted by Gasteiger charge is -2.30. The van der Waals surface area contributed by atoms with E-state index in [2.05, 4.69) is 0 Å². The number of nitrogens with zero attached hydrogens (tertiary/aromatic N) is 2. The van der Waals surface area contributed by atoms with E-state index in [-0.39, 0.29) is 44.5 Å². The minimum absolute atomic E-state index is 0.00178. The molecule has 7 nitrogen and oxygen atoms in total. The highest BCUT2D eigenvalue weighted by atomic mass is 19.4. The number of aliphatic hydroxyl groups is 1. The van der Waals surface area contributed by atoms with E-state index in [9.17, 15) is 22.8 Å². The molecule has 0 bridgehead atoms. The molecule has 1 saturated heterocycles. The fourth-order valence-electron chi connectivity index (χ4n) is 3.67. The van der Waals surface area contributed by atoms with Gasteiger partial charge in [-0.1, -0.05) is 24.3 Å². The van der Waals surface area contributed by atoms with Gasteiger partial charge in [-0.05, 0) is 43.2 Å². The van der Waals surface area contributed by atoms with Crippen molar-refractivity contribution < 1.29 is 37.3 Å². The molecule has 3 rings (SSSR count). The number of amides is 2. The van der Waals surface area contributed by atoms with Crippen LogP contribution in [0.1, 0.15) is 24.5 Å². The molecule has 1 aliphatic heterocycles. The summed E-state index contributed by atoms with van der Waals surface area (Å²) in [6.07, 6.45) is -5.26. The smallest absolute Gasteiger partial charge is 0.418 e. The number of anilines is 1. The summed E-state index contributed by atoms with van der Waals surface area (Å²) in [4.78, 5) is 27.7. The molecule has 0 spiro atoms. The number of likely N-dealkylation sites (tertiary alicyclic amines) is 1. The Bertz CT molecular complexity index is 965. The van der Waals surface area contributed by atoms with Crippen LogP contribution in [0.3, 0.4) is 0 Å². The van der Waals surface area contributed by atoms with Crippen molar-refractivity contribution in [3.05, 3.63) is 59.7 Å². The van der Waals surface area contributed by atoms with Crippen LogP contribution in [-0.4, -0.2) is 54.4 Å². The maximum Gasteiger partial charge on any atom is 0.418 e. The topological polar surface area (TPSA) is 79.3 Å². The highest BCUT2D eigenvalue weighted by Gasteiger charge is 2.40. The van der Waals surface area contributed by atoms with Crippen molar-refractivity contribution in [2.24, 2.45) is 0 Å². The monoisotopic (exact) mass is 466 g/mol. The lowest BCUT2D eigenvalue weighted by atomic mass is 10.1. The predicted octanol–water partition coefficient (Wildman–Crippen LogP) is 3.84. The second-order valence-electron chi connectivity index (χ2n) is 7.46. The third-order valence-electron chi connectivity index (χ3n) is 5.28. The molecule has 2 aromatic carbocycles. The van der Waals surface area contributed by atoms with Gasteiger partial charge in [0.25, 0.3) is 5.91 Å². The minimum Gasteiger partial charge on any atom is -0.484 e. The summed E-state index contributed by atoms with van der Waals surface area (Å²) in [6.45, 7) is 1.52. The van der Waals surface area contributed by atoms with E-state index in [1.807, 2.05) is 0 Å². The summed E-state index contributed by atoms with van der Waals surface area (Å²) in [5, 5.41) is 9.08. The highest BCUT2D eigenvalue weighted by molar-refractivity contribution is 5.90. The Kier molecular flexibility index (Phi) is 7.80. The SMILES string of the molecule is CCOC(=O)N(c1ccccc1C(F)(F)F)C1CCN(C(=O)COc2ccc(CO)cc2)C1. The number of hydrogen-bond acceptors (Lipinski definition) is 5. The van der Waals surface area contributed by atoms with Crippen LogP contribution in [0.2, 0.25) is 0 Å². The van der Waals surface area contributed by atoms with Crippen molar-refractivity contribution in [3.8, 4) is 5.75 Å². The number of benzene rings is 2. The summed E-state index contributed by atoms with van der Waals surface area (Å²) in [5.41, 5.74) is -0.547. The average Bonchev–Trinajstić information content (AvgIpc) is 3.27. The average molecular weight is 466 g/mol. The van der Waals surface area contributed by atoms with Crippen LogP contribution >= 0.6 is 0 Å². The molecule has 0 aromatic heterocycles. The quantitative estimate of drug-likeness (QED) is 0.671. The Morgan fingerprint density at radius 1 is 1.15 bits per heavy atom. The largest absolute Gasteiger partial charge is 0.484 e. The van der Waals surface area contributed by atoms with Gasteiger partial charge in [-0.3, -0.25) is 9.69 Å². The van der Waals surface area contributed by atoms with E-state index in [4.69, 9.17) is 14.6 Å². The van der Waals surface area contributed by atoms with Gasteiger partial charge < -0.3 is 19.5 Å². The van der Waals surface area contributed by atoms with Crippen LogP contribution in [0.4, 0.5) is 23.7 Å². The molecule has 178 valence electrons. The van der Waals surface area contributed by atoms with Crippen LogP contribution in [-0.2, 0) is 22.3 Å². The third kappa shape index (κ3) is 5.95. The normalized spacial score (nSPS) is 15.9. The molecular formula is C23H25F3N2O5. The molecule has 0 aliphatic carbocycles. The Morgan fingerprint density at radius 2 is 1.85 bits per heavy atom. The second-order valence-corrected chi connectivity index (χ2v) is 7.46. The van der Waals surface area contributed by atoms with Gasteiger partial charge in [-0.2, -0.15) is 13.2 Å². The molecule has 0 radical (unpaired) electrons. The first-order chi connectivity index (χ1) is 15.7. The number of halogens is 3. The first-order valence-corrected chi connectivity index (χ1v) is 10.5. The first kappa shape index (κ1) is 24.4. The predicted molar refractivity (Wildman–Crippen MR) is 114 cm³/mol. The number of rotatable bonds is 7. The maximum atomic E-state index is 13.6. The Morgan fingerprint density at radius 3 is 2.48 bits per heavy atom. The van der Waals surface area contributed by atoms with E-state index in [0.717, 1.165) is 11.0 Å². The molecule has 1 unspecified atom stereocenters. The van der Waals surface area contributed by atoms with Crippen molar-refractivity contribution in [2.75, 3.05) is 31.2 Å². The zero-order chi connectivity index (χ0) is 24.0. The number of carbonyl (C=O) groups is 2.